The summed E-state index contributed by atoms with van der Waals surface area (Å²) < 4.78 is 32.7. The molecule has 7 nitrogen and oxygen atoms in total. The van der Waals surface area contributed by atoms with Crippen molar-refractivity contribution in [3.05, 3.63) is 53.4 Å². The van der Waals surface area contributed by atoms with Crippen LogP contribution < -0.4 is 4.90 Å². The third kappa shape index (κ3) is 2.71. The monoisotopic (exact) mass is 399 g/mol. The SMILES string of the molecule is CCN(CC)S(=O)(=O)c1ccc2c3c(cccc13)C(=O)N2Cc1cc(C)on1. The summed E-state index contributed by atoms with van der Waals surface area (Å²) in [7, 11) is -3.65. The van der Waals surface area contributed by atoms with E-state index >= 15 is 0 Å². The maximum absolute atomic E-state index is 13.1. The number of sulfonamides is 1. The highest BCUT2D eigenvalue weighted by molar-refractivity contribution is 7.89. The van der Waals surface area contributed by atoms with Crippen LogP contribution in [0.2, 0.25) is 0 Å². The van der Waals surface area contributed by atoms with Crippen LogP contribution in [-0.4, -0.2) is 36.9 Å². The molecular weight excluding hydrogens is 378 g/mol. The lowest BCUT2D eigenvalue weighted by Gasteiger charge is -2.20. The molecular formula is C20H21N3O4S. The third-order valence-electron chi connectivity index (χ3n) is 5.07. The summed E-state index contributed by atoms with van der Waals surface area (Å²) in [5.41, 5.74) is 1.84. The van der Waals surface area contributed by atoms with E-state index in [2.05, 4.69) is 5.16 Å². The van der Waals surface area contributed by atoms with Gasteiger partial charge in [-0.2, -0.15) is 4.31 Å². The fraction of sp³-hybridized carbons (Fsp3) is 0.300. The normalized spacial score (nSPS) is 13.9. The number of aryl methyl sites for hydroxylation is 1. The molecule has 0 bridgehead atoms. The molecule has 1 amide bonds. The topological polar surface area (TPSA) is 83.7 Å². The van der Waals surface area contributed by atoms with Gasteiger partial charge in [0, 0.05) is 35.5 Å². The van der Waals surface area contributed by atoms with Crippen LogP contribution in [0.25, 0.3) is 10.8 Å². The molecule has 0 saturated carbocycles. The lowest BCUT2D eigenvalue weighted by molar-refractivity contribution is 0.0991. The van der Waals surface area contributed by atoms with E-state index in [1.807, 2.05) is 13.8 Å². The van der Waals surface area contributed by atoms with Crippen molar-refractivity contribution in [2.45, 2.75) is 32.2 Å². The van der Waals surface area contributed by atoms with Crippen molar-refractivity contribution in [2.24, 2.45) is 0 Å². The van der Waals surface area contributed by atoms with Gasteiger partial charge in [-0.15, -0.1) is 0 Å². The Morgan fingerprint density at radius 1 is 1.14 bits per heavy atom. The first-order valence-electron chi connectivity index (χ1n) is 9.18. The Kier molecular flexibility index (Phi) is 4.47. The van der Waals surface area contributed by atoms with E-state index in [1.54, 1.807) is 48.2 Å². The predicted molar refractivity (Wildman–Crippen MR) is 106 cm³/mol. The Morgan fingerprint density at radius 2 is 1.89 bits per heavy atom. The molecule has 3 aromatic rings. The van der Waals surface area contributed by atoms with Crippen molar-refractivity contribution in [3.63, 3.8) is 0 Å². The summed E-state index contributed by atoms with van der Waals surface area (Å²) in [6.07, 6.45) is 0. The maximum atomic E-state index is 13.1. The van der Waals surface area contributed by atoms with Crippen LogP contribution in [0, 0.1) is 6.92 Å². The van der Waals surface area contributed by atoms with Gasteiger partial charge >= 0.3 is 0 Å². The highest BCUT2D eigenvalue weighted by Crippen LogP contribution is 2.41. The van der Waals surface area contributed by atoms with Crippen LogP contribution in [0.3, 0.4) is 0 Å². The molecule has 0 spiro atoms. The average Bonchev–Trinajstić information content (AvgIpc) is 3.20. The quantitative estimate of drug-likeness (QED) is 0.635. The lowest BCUT2D eigenvalue weighted by atomic mass is 10.1. The summed E-state index contributed by atoms with van der Waals surface area (Å²) >= 11 is 0. The molecule has 0 aliphatic carbocycles. The number of hydrogen-bond acceptors (Lipinski definition) is 5. The van der Waals surface area contributed by atoms with Crippen LogP contribution in [0.15, 0.2) is 45.8 Å². The zero-order valence-corrected chi connectivity index (χ0v) is 16.8. The molecule has 0 atom stereocenters. The summed E-state index contributed by atoms with van der Waals surface area (Å²) in [5.74, 6) is 0.503. The van der Waals surface area contributed by atoms with Crippen LogP contribution in [0.5, 0.6) is 0 Å². The van der Waals surface area contributed by atoms with Gasteiger partial charge in [0.15, 0.2) is 0 Å². The zero-order chi connectivity index (χ0) is 20.1. The Labute approximate surface area is 163 Å². The van der Waals surface area contributed by atoms with Gasteiger partial charge in [0.25, 0.3) is 5.91 Å². The van der Waals surface area contributed by atoms with Gasteiger partial charge in [-0.05, 0) is 25.1 Å². The molecule has 0 fully saturated rings. The first-order valence-corrected chi connectivity index (χ1v) is 10.6. The van der Waals surface area contributed by atoms with Gasteiger partial charge in [-0.3, -0.25) is 4.79 Å². The zero-order valence-electron chi connectivity index (χ0n) is 16.0. The molecule has 1 aliphatic rings. The summed E-state index contributed by atoms with van der Waals surface area (Å²) in [6, 6.07) is 10.3. The molecule has 0 saturated heterocycles. The number of carbonyl (C=O) groups excluding carboxylic acids is 1. The van der Waals surface area contributed by atoms with Gasteiger partial charge in [0.05, 0.1) is 17.1 Å². The number of anilines is 1. The molecule has 1 aromatic heterocycles. The molecule has 146 valence electrons. The summed E-state index contributed by atoms with van der Waals surface area (Å²) in [5, 5.41) is 5.20. The molecule has 4 rings (SSSR count). The second-order valence-corrected chi connectivity index (χ2v) is 8.63. The second-order valence-electron chi connectivity index (χ2n) is 6.72. The Hall–Kier alpha value is -2.71. The standard InChI is InChI=1S/C20H21N3O4S/c1-4-22(5-2)28(25,26)18-10-9-17-19-15(18)7-6-8-16(19)20(24)23(17)12-14-11-13(3)27-21-14/h6-11H,4-5,12H2,1-3H3. The number of carbonyl (C=O) groups is 1. The van der Waals surface area contributed by atoms with Gasteiger partial charge in [-0.25, -0.2) is 8.42 Å². The third-order valence-corrected chi connectivity index (χ3v) is 7.17. The van der Waals surface area contributed by atoms with Crippen molar-refractivity contribution in [1.29, 1.82) is 0 Å². The Morgan fingerprint density at radius 3 is 2.54 bits per heavy atom. The first kappa shape index (κ1) is 18.6. The smallest absolute Gasteiger partial charge is 0.259 e. The minimum atomic E-state index is -3.65. The van der Waals surface area contributed by atoms with E-state index in [4.69, 9.17) is 4.52 Å². The van der Waals surface area contributed by atoms with Crippen LogP contribution in [0.1, 0.15) is 35.7 Å². The summed E-state index contributed by atoms with van der Waals surface area (Å²) in [6.45, 7) is 6.46. The fourth-order valence-corrected chi connectivity index (χ4v) is 5.40. The van der Waals surface area contributed by atoms with E-state index in [-0.39, 0.29) is 17.3 Å². The minimum Gasteiger partial charge on any atom is -0.361 e. The van der Waals surface area contributed by atoms with Gasteiger partial charge in [0.1, 0.15) is 11.5 Å². The fourth-order valence-electron chi connectivity index (χ4n) is 3.76. The highest BCUT2D eigenvalue weighted by atomic mass is 32.2. The number of rotatable bonds is 6. The predicted octanol–water partition coefficient (Wildman–Crippen LogP) is 3.33. The number of hydrogen-bond donors (Lipinski definition) is 0. The number of nitrogens with zero attached hydrogens (tertiary/aromatic N) is 3. The molecule has 8 heteroatoms. The molecule has 0 unspecified atom stereocenters. The van der Waals surface area contributed by atoms with Gasteiger partial charge in [-0.1, -0.05) is 31.1 Å². The van der Waals surface area contributed by atoms with Crippen LogP contribution in [0.4, 0.5) is 5.69 Å². The average molecular weight is 399 g/mol. The molecule has 0 N–H and O–H groups in total. The molecule has 1 aliphatic heterocycles. The van der Waals surface area contributed by atoms with E-state index < -0.39 is 10.0 Å². The molecule has 2 heterocycles. The summed E-state index contributed by atoms with van der Waals surface area (Å²) in [4.78, 5) is 14.8. The van der Waals surface area contributed by atoms with Crippen molar-refractivity contribution in [3.8, 4) is 0 Å². The first-order chi connectivity index (χ1) is 13.4. The molecule has 2 aromatic carbocycles. The van der Waals surface area contributed by atoms with E-state index in [9.17, 15) is 13.2 Å². The van der Waals surface area contributed by atoms with Crippen molar-refractivity contribution in [1.82, 2.24) is 9.46 Å². The van der Waals surface area contributed by atoms with E-state index in [0.29, 0.717) is 46.6 Å². The van der Waals surface area contributed by atoms with Crippen LogP contribution in [-0.2, 0) is 16.6 Å². The second kappa shape index (κ2) is 6.72. The van der Waals surface area contributed by atoms with Crippen molar-refractivity contribution >= 4 is 32.4 Å². The Bertz CT molecular complexity index is 1180. The number of aromatic nitrogens is 1. The minimum absolute atomic E-state index is 0.168. The maximum Gasteiger partial charge on any atom is 0.259 e. The Balaban J connectivity index is 1.87. The molecule has 28 heavy (non-hydrogen) atoms. The molecule has 0 radical (unpaired) electrons. The van der Waals surface area contributed by atoms with Crippen molar-refractivity contribution in [2.75, 3.05) is 18.0 Å². The number of benzene rings is 2. The number of amides is 1. The van der Waals surface area contributed by atoms with Crippen molar-refractivity contribution < 1.29 is 17.7 Å². The highest BCUT2D eigenvalue weighted by Gasteiger charge is 2.33. The van der Waals surface area contributed by atoms with Crippen LogP contribution >= 0.6 is 0 Å². The largest absolute Gasteiger partial charge is 0.361 e. The lowest BCUT2D eigenvalue weighted by Crippen LogP contribution is -2.30. The van der Waals surface area contributed by atoms with E-state index in [0.717, 1.165) is 0 Å². The van der Waals surface area contributed by atoms with Gasteiger partial charge < -0.3 is 9.42 Å². The van der Waals surface area contributed by atoms with Gasteiger partial charge in [0.2, 0.25) is 10.0 Å². The van der Waals surface area contributed by atoms with E-state index in [1.165, 1.54) is 4.31 Å².